The minimum Gasteiger partial charge on any atom is -0.871 e. The van der Waals surface area contributed by atoms with Gasteiger partial charge in [0.15, 0.2) is 6.04 Å². The standard InChI is InChI=1S/C28H26N8O9S2.Cu.2Na/c1-14-11-19(46(40,41)42)6-9-22(14)35-27(38)25(16(3)33-35)31-29-18-5-8-21(24(37)13-18)30-32-26-17(4)34-36(28(26)39)23-10-7-20(12-15(23)2)47(43,44)45;;;/h5-13,25,37,39H,1-4H3,(H,40,41,42)(H,43,44,45);;;/q;+2;2*+1/p-4. The molecule has 1 aliphatic heterocycles. The Bertz CT molecular complexity index is 2280. The van der Waals surface area contributed by atoms with E-state index in [1.54, 1.807) is 0 Å². The normalized spacial score (nSPS) is 14.8. The van der Waals surface area contributed by atoms with Crippen molar-refractivity contribution in [1.82, 2.24) is 9.78 Å². The van der Waals surface area contributed by atoms with Gasteiger partial charge >= 0.3 is 76.2 Å². The van der Waals surface area contributed by atoms with Crippen LogP contribution in [0.15, 0.2) is 89.9 Å². The van der Waals surface area contributed by atoms with Crippen LogP contribution in [-0.2, 0) is 42.1 Å². The average molecular weight is 788 g/mol. The molecular formula is C28H22CuN8Na2O9S2. The van der Waals surface area contributed by atoms with E-state index in [2.05, 4.69) is 30.7 Å². The van der Waals surface area contributed by atoms with E-state index in [-0.39, 0.29) is 116 Å². The largest absolute Gasteiger partial charge is 2.00 e. The van der Waals surface area contributed by atoms with Crippen molar-refractivity contribution in [3.05, 3.63) is 71.4 Å². The van der Waals surface area contributed by atoms with Gasteiger partial charge in [0.05, 0.1) is 43.9 Å². The molecule has 1 amide bonds. The number of aromatic nitrogens is 2. The van der Waals surface area contributed by atoms with Crippen LogP contribution in [0.4, 0.5) is 22.7 Å². The minimum absolute atomic E-state index is 0. The van der Waals surface area contributed by atoms with Crippen molar-refractivity contribution in [1.29, 1.82) is 0 Å². The Morgan fingerprint density at radius 3 is 1.84 bits per heavy atom. The Labute approximate surface area is 341 Å². The summed E-state index contributed by atoms with van der Waals surface area (Å²) >= 11 is 0. The predicted molar refractivity (Wildman–Crippen MR) is 159 cm³/mol. The molecule has 1 unspecified atom stereocenters. The van der Waals surface area contributed by atoms with Crippen molar-refractivity contribution in [3.63, 3.8) is 0 Å². The summed E-state index contributed by atoms with van der Waals surface area (Å²) < 4.78 is 68.8. The molecule has 0 N–H and O–H groups in total. The number of aryl methyl sites for hydroxylation is 3. The minimum atomic E-state index is -4.70. The first-order valence-electron chi connectivity index (χ1n) is 13.4. The second-order valence-electron chi connectivity index (χ2n) is 10.3. The zero-order valence-electron chi connectivity index (χ0n) is 27.1. The van der Waals surface area contributed by atoms with Crippen LogP contribution in [0.2, 0.25) is 0 Å². The smallest absolute Gasteiger partial charge is 0.871 e. The third kappa shape index (κ3) is 9.14. The molecule has 0 fully saturated rings. The summed E-state index contributed by atoms with van der Waals surface area (Å²) in [5.74, 6) is -1.91. The molecule has 4 aromatic rings. The van der Waals surface area contributed by atoms with Gasteiger partial charge in [0.1, 0.15) is 25.9 Å². The van der Waals surface area contributed by atoms with Crippen molar-refractivity contribution >= 4 is 54.6 Å². The number of hydrogen-bond acceptors (Lipinski definition) is 15. The van der Waals surface area contributed by atoms with E-state index in [1.165, 1.54) is 52.0 Å². The molecule has 5 rings (SSSR count). The number of azo groups is 2. The fraction of sp³-hybridized carbons (Fsp3) is 0.179. The molecular weight excluding hydrogens is 766 g/mol. The first-order valence-corrected chi connectivity index (χ1v) is 16.2. The van der Waals surface area contributed by atoms with Crippen molar-refractivity contribution in [3.8, 4) is 17.3 Å². The monoisotopic (exact) mass is 787 g/mol. The van der Waals surface area contributed by atoms with Gasteiger partial charge in [-0.25, -0.2) is 21.5 Å². The van der Waals surface area contributed by atoms with Gasteiger partial charge in [-0.3, -0.25) is 4.79 Å². The van der Waals surface area contributed by atoms with Gasteiger partial charge in [0.25, 0.3) is 5.91 Å². The maximum absolute atomic E-state index is 13.1. The number of amides is 1. The van der Waals surface area contributed by atoms with E-state index in [9.17, 15) is 40.9 Å². The van der Waals surface area contributed by atoms with Gasteiger partial charge in [-0.1, -0.05) is 5.75 Å². The second-order valence-corrected chi connectivity index (χ2v) is 13.1. The van der Waals surface area contributed by atoms with Crippen LogP contribution in [0.5, 0.6) is 11.6 Å². The molecule has 0 saturated heterocycles. The first-order chi connectivity index (χ1) is 22.0. The summed E-state index contributed by atoms with van der Waals surface area (Å²) in [7, 11) is -9.38. The third-order valence-electron chi connectivity index (χ3n) is 6.94. The zero-order valence-corrected chi connectivity index (χ0v) is 33.7. The Kier molecular flexibility index (Phi) is 14.4. The van der Waals surface area contributed by atoms with Gasteiger partial charge in [0, 0.05) is 5.88 Å². The third-order valence-corrected chi connectivity index (χ3v) is 8.61. The van der Waals surface area contributed by atoms with Crippen LogP contribution in [0.3, 0.4) is 0 Å². The van der Waals surface area contributed by atoms with Crippen molar-refractivity contribution in [2.24, 2.45) is 25.6 Å². The molecule has 1 atom stereocenters. The summed E-state index contributed by atoms with van der Waals surface area (Å²) in [6.07, 6.45) is 0. The molecule has 0 bridgehead atoms. The van der Waals surface area contributed by atoms with E-state index in [0.717, 1.165) is 40.0 Å². The number of carbonyl (C=O) groups excluding carboxylic acids is 1. The Balaban J connectivity index is 0.00000289. The molecule has 1 aliphatic rings. The molecule has 50 heavy (non-hydrogen) atoms. The number of carbonyl (C=O) groups is 1. The van der Waals surface area contributed by atoms with E-state index < -0.39 is 53.6 Å². The van der Waals surface area contributed by atoms with Crippen LogP contribution < -0.4 is 74.3 Å². The number of hydrazone groups is 1. The van der Waals surface area contributed by atoms with Crippen LogP contribution in [0.1, 0.15) is 23.7 Å². The molecule has 1 aromatic heterocycles. The molecule has 3 aromatic carbocycles. The topological polar surface area (TPSA) is 260 Å². The summed E-state index contributed by atoms with van der Waals surface area (Å²) in [6, 6.07) is 9.58. The zero-order chi connectivity index (χ0) is 34.4. The maximum Gasteiger partial charge on any atom is 2.00 e. The SMILES string of the molecule is CC1=NN(c2ccc(S(=O)(=O)[O-])cc2C)C(=O)C1N=Nc1ccc(N=Nc2c(C)nn(-c3ccc(S(=O)(=O)[O-])cc3C)c2[O-])c([O-])c1.[Cu+2].[Na+].[Na+]. The molecule has 1 radical (unpaired) electrons. The van der Waals surface area contributed by atoms with Gasteiger partial charge in [-0.05, 0) is 93.4 Å². The summed E-state index contributed by atoms with van der Waals surface area (Å²) in [5.41, 5.74) is 1.30. The van der Waals surface area contributed by atoms with Crippen molar-refractivity contribution in [2.75, 3.05) is 5.01 Å². The Hall–Kier alpha value is -2.85. The van der Waals surface area contributed by atoms with Crippen LogP contribution in [0.25, 0.3) is 5.69 Å². The van der Waals surface area contributed by atoms with E-state index in [0.29, 0.717) is 11.1 Å². The quantitative estimate of drug-likeness (QED) is 0.0996. The van der Waals surface area contributed by atoms with Gasteiger partial charge in [-0.15, -0.1) is 5.11 Å². The maximum atomic E-state index is 13.1. The van der Waals surface area contributed by atoms with Crippen LogP contribution in [0, 0.1) is 20.8 Å². The molecule has 0 aliphatic carbocycles. The Morgan fingerprint density at radius 2 is 1.32 bits per heavy atom. The number of rotatable bonds is 8. The predicted octanol–water partition coefficient (Wildman–Crippen LogP) is -2.95. The number of nitrogens with zero attached hydrogens (tertiary/aromatic N) is 8. The van der Waals surface area contributed by atoms with Gasteiger partial charge in [-0.2, -0.15) is 30.6 Å². The van der Waals surface area contributed by atoms with Crippen LogP contribution in [-0.4, -0.2) is 53.4 Å². The summed E-state index contributed by atoms with van der Waals surface area (Å²) in [6.45, 7) is 6.05. The molecule has 2 heterocycles. The summed E-state index contributed by atoms with van der Waals surface area (Å²) in [4.78, 5) is 12.1. The number of hydrogen-bond donors (Lipinski definition) is 0. The molecule has 0 spiro atoms. The van der Waals surface area contributed by atoms with E-state index in [1.807, 2.05) is 0 Å². The first kappa shape index (κ1) is 43.3. The average Bonchev–Trinajstić information content (AvgIpc) is 3.42. The molecule has 253 valence electrons. The molecule has 0 saturated carbocycles. The number of benzene rings is 3. The van der Waals surface area contributed by atoms with Crippen molar-refractivity contribution < 1.29 is 117 Å². The van der Waals surface area contributed by atoms with Gasteiger partial charge in [0.2, 0.25) is 0 Å². The van der Waals surface area contributed by atoms with E-state index >= 15 is 0 Å². The Morgan fingerprint density at radius 1 is 0.760 bits per heavy atom. The fourth-order valence-corrected chi connectivity index (χ4v) is 5.67. The second kappa shape index (κ2) is 16.7. The van der Waals surface area contributed by atoms with Crippen molar-refractivity contribution in [2.45, 2.75) is 43.5 Å². The van der Waals surface area contributed by atoms with E-state index in [4.69, 9.17) is 0 Å². The van der Waals surface area contributed by atoms with Gasteiger partial charge < -0.3 is 19.3 Å². The fourth-order valence-electron chi connectivity index (χ4n) is 4.56. The molecule has 22 heteroatoms. The van der Waals surface area contributed by atoms with Crippen LogP contribution >= 0.6 is 0 Å². The number of anilines is 1. The summed E-state index contributed by atoms with van der Waals surface area (Å²) in [5, 5.41) is 50.9. The molecule has 17 nitrogen and oxygen atoms in total.